The highest BCUT2D eigenvalue weighted by molar-refractivity contribution is 7.13. The predicted molar refractivity (Wildman–Crippen MR) is 56.8 cm³/mol. The summed E-state index contributed by atoms with van der Waals surface area (Å²) in [5, 5.41) is 2.26. The van der Waals surface area contributed by atoms with Gasteiger partial charge in [-0.2, -0.15) is 0 Å². The van der Waals surface area contributed by atoms with Crippen LogP contribution in [0.25, 0.3) is 0 Å². The molecular weight excluding hydrogens is 216 g/mol. The summed E-state index contributed by atoms with van der Waals surface area (Å²) < 4.78 is 4.76. The highest BCUT2D eigenvalue weighted by Crippen LogP contribution is 2.17. The lowest BCUT2D eigenvalue weighted by atomic mass is 10.5. The topological polar surface area (TPSA) is 59.5 Å². The van der Waals surface area contributed by atoms with Gasteiger partial charge in [-0.15, -0.1) is 11.3 Å². The fourth-order valence-corrected chi connectivity index (χ4v) is 1.68. The number of aromatic nitrogens is 1. The summed E-state index contributed by atoms with van der Waals surface area (Å²) in [5.74, 6) is -0.652. The second kappa shape index (κ2) is 5.45. The van der Waals surface area contributed by atoms with Crippen molar-refractivity contribution in [3.63, 3.8) is 0 Å². The van der Waals surface area contributed by atoms with E-state index in [2.05, 4.69) is 4.98 Å². The SMILES string of the molecule is CCOC(=O)CN(C(C)=O)c1nccs1. The fourth-order valence-electron chi connectivity index (χ4n) is 0.999. The third-order valence-corrected chi connectivity index (χ3v) is 2.42. The Morgan fingerprint density at radius 3 is 2.80 bits per heavy atom. The molecule has 0 fully saturated rings. The van der Waals surface area contributed by atoms with Crippen LogP contribution in [-0.2, 0) is 14.3 Å². The molecule has 0 atom stereocenters. The van der Waals surface area contributed by atoms with Gasteiger partial charge in [-0.1, -0.05) is 0 Å². The average molecular weight is 228 g/mol. The quantitative estimate of drug-likeness (QED) is 0.723. The van der Waals surface area contributed by atoms with Crippen LogP contribution in [0.1, 0.15) is 13.8 Å². The van der Waals surface area contributed by atoms with Crippen LogP contribution in [0.4, 0.5) is 5.13 Å². The van der Waals surface area contributed by atoms with E-state index in [4.69, 9.17) is 4.74 Å². The number of thiazole rings is 1. The smallest absolute Gasteiger partial charge is 0.326 e. The minimum absolute atomic E-state index is 0.0866. The van der Waals surface area contributed by atoms with E-state index in [1.165, 1.54) is 23.2 Å². The van der Waals surface area contributed by atoms with E-state index in [9.17, 15) is 9.59 Å². The van der Waals surface area contributed by atoms with Crippen molar-refractivity contribution >= 4 is 28.3 Å². The maximum atomic E-state index is 11.3. The Morgan fingerprint density at radius 1 is 1.60 bits per heavy atom. The van der Waals surface area contributed by atoms with Gasteiger partial charge in [0, 0.05) is 18.5 Å². The first kappa shape index (κ1) is 11.6. The van der Waals surface area contributed by atoms with Gasteiger partial charge in [0.25, 0.3) is 0 Å². The van der Waals surface area contributed by atoms with Crippen molar-refractivity contribution in [2.75, 3.05) is 18.1 Å². The van der Waals surface area contributed by atoms with Crippen molar-refractivity contribution in [2.45, 2.75) is 13.8 Å². The van der Waals surface area contributed by atoms with E-state index in [1.54, 1.807) is 18.5 Å². The summed E-state index contributed by atoms with van der Waals surface area (Å²) in [6, 6.07) is 0. The van der Waals surface area contributed by atoms with Gasteiger partial charge in [0.1, 0.15) is 6.54 Å². The van der Waals surface area contributed by atoms with Crippen molar-refractivity contribution in [3.05, 3.63) is 11.6 Å². The number of amides is 1. The molecule has 0 aromatic carbocycles. The Bertz CT molecular complexity index is 337. The van der Waals surface area contributed by atoms with E-state index in [0.29, 0.717) is 11.7 Å². The molecule has 0 N–H and O–H groups in total. The second-order valence-electron chi connectivity index (χ2n) is 2.72. The van der Waals surface area contributed by atoms with Gasteiger partial charge in [-0.25, -0.2) is 4.98 Å². The number of hydrogen-bond donors (Lipinski definition) is 0. The number of carbonyl (C=O) groups excluding carboxylic acids is 2. The van der Waals surface area contributed by atoms with E-state index >= 15 is 0 Å². The summed E-state index contributed by atoms with van der Waals surface area (Å²) >= 11 is 1.31. The van der Waals surface area contributed by atoms with Crippen LogP contribution >= 0.6 is 11.3 Å². The molecule has 1 rings (SSSR count). The van der Waals surface area contributed by atoms with Crippen LogP contribution in [0.15, 0.2) is 11.6 Å². The highest BCUT2D eigenvalue weighted by Gasteiger charge is 2.18. The maximum absolute atomic E-state index is 11.3. The van der Waals surface area contributed by atoms with Crippen molar-refractivity contribution in [1.29, 1.82) is 0 Å². The van der Waals surface area contributed by atoms with Gasteiger partial charge in [0.15, 0.2) is 5.13 Å². The molecule has 5 nitrogen and oxygen atoms in total. The number of hydrogen-bond acceptors (Lipinski definition) is 5. The molecular formula is C9H12N2O3S. The number of anilines is 1. The lowest BCUT2D eigenvalue weighted by Crippen LogP contribution is -2.34. The molecule has 1 aromatic heterocycles. The molecule has 1 aromatic rings. The lowest BCUT2D eigenvalue weighted by Gasteiger charge is -2.16. The van der Waals surface area contributed by atoms with Crippen LogP contribution in [-0.4, -0.2) is 30.0 Å². The normalized spacial score (nSPS) is 9.73. The highest BCUT2D eigenvalue weighted by atomic mass is 32.1. The van der Waals surface area contributed by atoms with Gasteiger partial charge in [0.2, 0.25) is 5.91 Å². The van der Waals surface area contributed by atoms with E-state index in [1.807, 2.05) is 0 Å². The van der Waals surface area contributed by atoms with Crippen LogP contribution in [0.5, 0.6) is 0 Å². The van der Waals surface area contributed by atoms with E-state index in [-0.39, 0.29) is 12.5 Å². The first-order chi connectivity index (χ1) is 7.15. The average Bonchev–Trinajstić information content (AvgIpc) is 2.66. The van der Waals surface area contributed by atoms with E-state index < -0.39 is 5.97 Å². The maximum Gasteiger partial charge on any atom is 0.326 e. The zero-order valence-corrected chi connectivity index (χ0v) is 9.41. The van der Waals surface area contributed by atoms with Gasteiger partial charge in [-0.05, 0) is 6.92 Å². The molecule has 6 heteroatoms. The predicted octanol–water partition coefficient (Wildman–Crippen LogP) is 1.06. The monoisotopic (exact) mass is 228 g/mol. The first-order valence-corrected chi connectivity index (χ1v) is 5.36. The molecule has 1 amide bonds. The van der Waals surface area contributed by atoms with Crippen LogP contribution in [0, 0.1) is 0 Å². The van der Waals surface area contributed by atoms with Crippen LogP contribution < -0.4 is 4.90 Å². The van der Waals surface area contributed by atoms with Crippen LogP contribution in [0.3, 0.4) is 0 Å². The molecule has 0 bridgehead atoms. The molecule has 0 saturated carbocycles. The Labute approximate surface area is 91.7 Å². The fraction of sp³-hybridized carbons (Fsp3) is 0.444. The Balaban J connectivity index is 2.68. The summed E-state index contributed by atoms with van der Waals surface area (Å²) in [4.78, 5) is 27.7. The molecule has 0 aliphatic heterocycles. The number of nitrogens with zero attached hydrogens (tertiary/aromatic N) is 2. The number of esters is 1. The Hall–Kier alpha value is -1.43. The Kier molecular flexibility index (Phi) is 4.23. The molecule has 0 unspecified atom stereocenters. The summed E-state index contributed by atoms with van der Waals surface area (Å²) in [5.41, 5.74) is 0. The van der Waals surface area contributed by atoms with Crippen molar-refractivity contribution in [2.24, 2.45) is 0 Å². The van der Waals surface area contributed by atoms with Crippen LogP contribution in [0.2, 0.25) is 0 Å². The number of rotatable bonds is 4. The van der Waals surface area contributed by atoms with Crippen molar-refractivity contribution in [3.8, 4) is 0 Å². The van der Waals surface area contributed by atoms with Gasteiger partial charge < -0.3 is 4.74 Å². The van der Waals surface area contributed by atoms with Gasteiger partial charge >= 0.3 is 5.97 Å². The second-order valence-corrected chi connectivity index (χ2v) is 3.60. The van der Waals surface area contributed by atoms with E-state index in [0.717, 1.165) is 0 Å². The third-order valence-electron chi connectivity index (χ3n) is 1.62. The number of carbonyl (C=O) groups is 2. The standard InChI is InChI=1S/C9H12N2O3S/c1-3-14-8(13)6-11(7(2)12)9-10-4-5-15-9/h4-5H,3,6H2,1-2H3. The molecule has 0 aliphatic carbocycles. The molecule has 82 valence electrons. The summed E-state index contributed by atoms with van der Waals surface area (Å²) in [6.07, 6.45) is 1.58. The number of ether oxygens (including phenoxy) is 1. The zero-order chi connectivity index (χ0) is 11.3. The molecule has 0 saturated heterocycles. The minimum atomic E-state index is -0.428. The zero-order valence-electron chi connectivity index (χ0n) is 8.60. The third kappa shape index (κ3) is 3.32. The van der Waals surface area contributed by atoms with Crippen molar-refractivity contribution < 1.29 is 14.3 Å². The van der Waals surface area contributed by atoms with Gasteiger partial charge in [0.05, 0.1) is 6.61 Å². The molecule has 0 aliphatic rings. The van der Waals surface area contributed by atoms with Crippen molar-refractivity contribution in [1.82, 2.24) is 4.98 Å². The lowest BCUT2D eigenvalue weighted by molar-refractivity contribution is -0.142. The van der Waals surface area contributed by atoms with Gasteiger partial charge in [-0.3, -0.25) is 14.5 Å². The summed E-state index contributed by atoms with van der Waals surface area (Å²) in [6.45, 7) is 3.33. The molecule has 0 spiro atoms. The molecule has 0 radical (unpaired) electrons. The first-order valence-electron chi connectivity index (χ1n) is 4.48. The molecule has 15 heavy (non-hydrogen) atoms. The molecule has 1 heterocycles. The Morgan fingerprint density at radius 2 is 2.33 bits per heavy atom. The largest absolute Gasteiger partial charge is 0.465 e. The minimum Gasteiger partial charge on any atom is -0.465 e. The summed E-state index contributed by atoms with van der Waals surface area (Å²) in [7, 11) is 0.